The number of aromatic nitrogens is 4. The quantitative estimate of drug-likeness (QED) is 0.571. The standard InChI is InChI=1S/C16H31N7O2/c1-4-20(5-2)7-8-22(6-3)16(24)14-23-15(17-18-19-23)13-21-9-11-25-12-10-21/h4-14H2,1-3H3. The van der Waals surface area contributed by atoms with E-state index < -0.39 is 0 Å². The number of ether oxygens (including phenoxy) is 1. The monoisotopic (exact) mass is 353 g/mol. The minimum atomic E-state index is 0.0604. The number of tetrazole rings is 1. The minimum absolute atomic E-state index is 0.0604. The molecule has 9 heteroatoms. The van der Waals surface area contributed by atoms with Gasteiger partial charge in [-0.3, -0.25) is 9.69 Å². The molecule has 0 bridgehead atoms. The number of likely N-dealkylation sites (N-methyl/N-ethyl adjacent to an activating group) is 2. The number of carbonyl (C=O) groups excluding carboxylic acids is 1. The molecule has 0 radical (unpaired) electrons. The molecule has 0 N–H and O–H groups in total. The Morgan fingerprint density at radius 2 is 1.84 bits per heavy atom. The molecule has 0 atom stereocenters. The largest absolute Gasteiger partial charge is 0.379 e. The van der Waals surface area contributed by atoms with Gasteiger partial charge in [-0.2, -0.15) is 0 Å². The number of rotatable bonds is 10. The third-order valence-electron chi connectivity index (χ3n) is 4.67. The Hall–Kier alpha value is -1.58. The topological polar surface area (TPSA) is 79.6 Å². The van der Waals surface area contributed by atoms with E-state index in [1.54, 1.807) is 4.68 Å². The fraction of sp³-hybridized carbons (Fsp3) is 0.875. The number of carbonyl (C=O) groups is 1. The summed E-state index contributed by atoms with van der Waals surface area (Å²) in [5, 5.41) is 11.8. The van der Waals surface area contributed by atoms with Gasteiger partial charge in [0, 0.05) is 32.7 Å². The van der Waals surface area contributed by atoms with Crippen molar-refractivity contribution in [1.82, 2.24) is 34.9 Å². The zero-order valence-corrected chi connectivity index (χ0v) is 15.7. The van der Waals surface area contributed by atoms with Crippen molar-refractivity contribution >= 4 is 5.91 Å². The average molecular weight is 353 g/mol. The van der Waals surface area contributed by atoms with Crippen molar-refractivity contribution in [3.05, 3.63) is 5.82 Å². The van der Waals surface area contributed by atoms with E-state index in [1.807, 2.05) is 11.8 Å². The lowest BCUT2D eigenvalue weighted by Crippen LogP contribution is -2.41. The van der Waals surface area contributed by atoms with Gasteiger partial charge in [-0.1, -0.05) is 13.8 Å². The maximum absolute atomic E-state index is 12.6. The highest BCUT2D eigenvalue weighted by Gasteiger charge is 2.19. The summed E-state index contributed by atoms with van der Waals surface area (Å²) in [5.41, 5.74) is 0. The molecule has 1 aromatic rings. The number of nitrogens with zero attached hydrogens (tertiary/aromatic N) is 7. The average Bonchev–Trinajstić information content (AvgIpc) is 3.06. The van der Waals surface area contributed by atoms with Gasteiger partial charge in [-0.15, -0.1) is 5.10 Å². The maximum atomic E-state index is 12.6. The first kappa shape index (κ1) is 19.7. The lowest BCUT2D eigenvalue weighted by Gasteiger charge is -2.26. The Labute approximate surface area is 149 Å². The highest BCUT2D eigenvalue weighted by Crippen LogP contribution is 2.04. The van der Waals surface area contributed by atoms with E-state index in [-0.39, 0.29) is 12.5 Å². The van der Waals surface area contributed by atoms with Crippen LogP contribution in [0.5, 0.6) is 0 Å². The molecule has 0 unspecified atom stereocenters. The Bertz CT molecular complexity index is 512. The van der Waals surface area contributed by atoms with Gasteiger partial charge in [-0.05, 0) is 30.4 Å². The summed E-state index contributed by atoms with van der Waals surface area (Å²) in [6.45, 7) is 14.6. The number of hydrogen-bond donors (Lipinski definition) is 0. The molecule has 0 aromatic carbocycles. The Morgan fingerprint density at radius 1 is 1.12 bits per heavy atom. The van der Waals surface area contributed by atoms with Gasteiger partial charge in [0.15, 0.2) is 5.82 Å². The molecule has 25 heavy (non-hydrogen) atoms. The zero-order chi connectivity index (χ0) is 18.1. The molecule has 1 amide bonds. The van der Waals surface area contributed by atoms with E-state index in [2.05, 4.69) is 39.2 Å². The summed E-state index contributed by atoms with van der Waals surface area (Å²) in [6, 6.07) is 0. The maximum Gasteiger partial charge on any atom is 0.244 e. The number of hydrogen-bond acceptors (Lipinski definition) is 7. The first-order chi connectivity index (χ1) is 12.2. The molecular formula is C16H31N7O2. The summed E-state index contributed by atoms with van der Waals surface area (Å²) in [4.78, 5) is 19.1. The molecule has 0 saturated carbocycles. The summed E-state index contributed by atoms with van der Waals surface area (Å²) in [5.74, 6) is 0.792. The van der Waals surface area contributed by atoms with Crippen LogP contribution in [0.3, 0.4) is 0 Å². The molecule has 0 spiro atoms. The summed E-state index contributed by atoms with van der Waals surface area (Å²) in [7, 11) is 0. The van der Waals surface area contributed by atoms with Crippen molar-refractivity contribution < 1.29 is 9.53 Å². The molecule has 1 aromatic heterocycles. The van der Waals surface area contributed by atoms with Crippen LogP contribution in [-0.4, -0.2) is 99.8 Å². The lowest BCUT2D eigenvalue weighted by molar-refractivity contribution is -0.132. The third kappa shape index (κ3) is 6.02. The first-order valence-electron chi connectivity index (χ1n) is 9.23. The van der Waals surface area contributed by atoms with Crippen molar-refractivity contribution in [1.29, 1.82) is 0 Å². The van der Waals surface area contributed by atoms with E-state index >= 15 is 0 Å². The summed E-state index contributed by atoms with van der Waals surface area (Å²) in [6.07, 6.45) is 0. The van der Waals surface area contributed by atoms with Crippen molar-refractivity contribution in [2.45, 2.75) is 33.9 Å². The fourth-order valence-corrected chi connectivity index (χ4v) is 2.91. The van der Waals surface area contributed by atoms with Gasteiger partial charge in [0.2, 0.25) is 5.91 Å². The highest BCUT2D eigenvalue weighted by atomic mass is 16.5. The van der Waals surface area contributed by atoms with Gasteiger partial charge in [0.05, 0.1) is 19.8 Å². The van der Waals surface area contributed by atoms with Crippen LogP contribution in [0.4, 0.5) is 0 Å². The third-order valence-corrected chi connectivity index (χ3v) is 4.67. The molecule has 1 aliphatic rings. The van der Waals surface area contributed by atoms with Crippen molar-refractivity contribution in [3.8, 4) is 0 Å². The zero-order valence-electron chi connectivity index (χ0n) is 15.7. The van der Waals surface area contributed by atoms with E-state index in [0.717, 1.165) is 58.3 Å². The van der Waals surface area contributed by atoms with Gasteiger partial charge in [0.1, 0.15) is 6.54 Å². The van der Waals surface area contributed by atoms with Crippen LogP contribution in [0.1, 0.15) is 26.6 Å². The van der Waals surface area contributed by atoms with E-state index in [0.29, 0.717) is 13.1 Å². The van der Waals surface area contributed by atoms with Crippen LogP contribution in [0.15, 0.2) is 0 Å². The normalized spacial score (nSPS) is 15.7. The van der Waals surface area contributed by atoms with Crippen LogP contribution in [0, 0.1) is 0 Å². The molecule has 1 saturated heterocycles. The molecule has 142 valence electrons. The number of amides is 1. The summed E-state index contributed by atoms with van der Waals surface area (Å²) < 4.78 is 6.98. The highest BCUT2D eigenvalue weighted by molar-refractivity contribution is 5.75. The molecule has 0 aliphatic carbocycles. The molecule has 9 nitrogen and oxygen atoms in total. The molecule has 2 rings (SSSR count). The second kappa shape index (κ2) is 10.4. The van der Waals surface area contributed by atoms with E-state index in [1.165, 1.54) is 0 Å². The van der Waals surface area contributed by atoms with Crippen LogP contribution < -0.4 is 0 Å². The predicted molar refractivity (Wildman–Crippen MR) is 94.0 cm³/mol. The van der Waals surface area contributed by atoms with Crippen LogP contribution in [0.2, 0.25) is 0 Å². The van der Waals surface area contributed by atoms with Gasteiger partial charge < -0.3 is 14.5 Å². The Balaban J connectivity index is 1.89. The first-order valence-corrected chi connectivity index (χ1v) is 9.23. The van der Waals surface area contributed by atoms with Gasteiger partial charge in [-0.25, -0.2) is 4.68 Å². The smallest absolute Gasteiger partial charge is 0.244 e. The van der Waals surface area contributed by atoms with Crippen molar-refractivity contribution in [3.63, 3.8) is 0 Å². The van der Waals surface area contributed by atoms with Crippen LogP contribution >= 0.6 is 0 Å². The SMILES string of the molecule is CCN(CC)CCN(CC)C(=O)Cn1nnnc1CN1CCOCC1. The predicted octanol–water partition coefficient (Wildman–Crippen LogP) is -0.304. The summed E-state index contributed by atoms with van der Waals surface area (Å²) >= 11 is 0. The number of morpholine rings is 1. The minimum Gasteiger partial charge on any atom is -0.379 e. The second-order valence-corrected chi connectivity index (χ2v) is 6.14. The van der Waals surface area contributed by atoms with Gasteiger partial charge >= 0.3 is 0 Å². The fourth-order valence-electron chi connectivity index (χ4n) is 2.91. The van der Waals surface area contributed by atoms with Crippen molar-refractivity contribution in [2.24, 2.45) is 0 Å². The molecular weight excluding hydrogens is 322 g/mol. The van der Waals surface area contributed by atoms with Crippen LogP contribution in [-0.2, 0) is 22.6 Å². The molecule has 1 aliphatic heterocycles. The second-order valence-electron chi connectivity index (χ2n) is 6.14. The van der Waals surface area contributed by atoms with E-state index in [9.17, 15) is 4.79 Å². The Kier molecular flexibility index (Phi) is 8.23. The lowest BCUT2D eigenvalue weighted by atomic mass is 10.3. The Morgan fingerprint density at radius 3 is 2.48 bits per heavy atom. The van der Waals surface area contributed by atoms with Gasteiger partial charge in [0.25, 0.3) is 0 Å². The molecule has 1 fully saturated rings. The van der Waals surface area contributed by atoms with Crippen LogP contribution in [0.25, 0.3) is 0 Å². The van der Waals surface area contributed by atoms with Crippen molar-refractivity contribution in [2.75, 3.05) is 59.0 Å². The molecule has 2 heterocycles. The van der Waals surface area contributed by atoms with E-state index in [4.69, 9.17) is 4.74 Å².